The van der Waals surface area contributed by atoms with Gasteiger partial charge in [-0.1, -0.05) is 0 Å². The third-order valence-corrected chi connectivity index (χ3v) is 2.97. The van der Waals surface area contributed by atoms with Gasteiger partial charge >= 0.3 is 5.97 Å². The van der Waals surface area contributed by atoms with Gasteiger partial charge in [-0.05, 0) is 6.07 Å². The highest BCUT2D eigenvalue weighted by atomic mass is 16.4. The quantitative estimate of drug-likeness (QED) is 0.670. The Kier molecular flexibility index (Phi) is 4.74. The van der Waals surface area contributed by atoms with Crippen LogP contribution in [-0.2, 0) is 18.4 Å². The lowest BCUT2D eigenvalue weighted by Crippen LogP contribution is -2.22. The maximum Gasteiger partial charge on any atom is 0.356 e. The molecule has 0 aliphatic heterocycles. The van der Waals surface area contributed by atoms with E-state index >= 15 is 0 Å². The van der Waals surface area contributed by atoms with Crippen LogP contribution in [0.3, 0.4) is 0 Å². The van der Waals surface area contributed by atoms with Gasteiger partial charge in [0.25, 0.3) is 5.91 Å². The van der Waals surface area contributed by atoms with E-state index in [9.17, 15) is 14.4 Å². The van der Waals surface area contributed by atoms with Gasteiger partial charge < -0.3 is 15.7 Å². The standard InChI is InChI=1S/C13H16N6O4/c1-14-12(21)11-9(7-18(2)17-11)15-10(20)4-6-19-5-3-8(16-19)13(22)23/h3,5,7H,4,6H2,1-2H3,(H,14,21)(H,15,20)(H,22,23). The van der Waals surface area contributed by atoms with Crippen LogP contribution in [0.2, 0.25) is 0 Å². The van der Waals surface area contributed by atoms with Crippen LogP contribution < -0.4 is 10.6 Å². The molecular formula is C13H16N6O4. The van der Waals surface area contributed by atoms with Gasteiger partial charge in [0, 0.05) is 39.5 Å². The molecule has 10 heteroatoms. The number of carbonyl (C=O) groups excluding carboxylic acids is 2. The molecule has 3 N–H and O–H groups in total. The molecule has 2 rings (SSSR count). The summed E-state index contributed by atoms with van der Waals surface area (Å²) in [5, 5.41) is 21.6. The number of carboxylic acids is 1. The van der Waals surface area contributed by atoms with E-state index in [1.54, 1.807) is 7.05 Å². The highest BCUT2D eigenvalue weighted by Gasteiger charge is 2.17. The van der Waals surface area contributed by atoms with E-state index in [1.807, 2.05) is 0 Å². The van der Waals surface area contributed by atoms with Crippen LogP contribution in [0, 0.1) is 0 Å². The number of carbonyl (C=O) groups is 3. The molecule has 2 aromatic rings. The van der Waals surface area contributed by atoms with Crippen LogP contribution in [-0.4, -0.2) is 49.5 Å². The summed E-state index contributed by atoms with van der Waals surface area (Å²) in [5.74, 6) is -1.87. The Morgan fingerprint density at radius 2 is 2.04 bits per heavy atom. The van der Waals surface area contributed by atoms with Crippen LogP contribution in [0.15, 0.2) is 18.5 Å². The van der Waals surface area contributed by atoms with Crippen LogP contribution in [0.4, 0.5) is 5.69 Å². The van der Waals surface area contributed by atoms with Gasteiger partial charge in [-0.25, -0.2) is 4.79 Å². The molecule has 0 aromatic carbocycles. The SMILES string of the molecule is CNC(=O)c1nn(C)cc1NC(=O)CCn1ccc(C(=O)O)n1. The summed E-state index contributed by atoms with van der Waals surface area (Å²) < 4.78 is 2.79. The largest absolute Gasteiger partial charge is 0.476 e. The molecule has 10 nitrogen and oxygen atoms in total. The summed E-state index contributed by atoms with van der Waals surface area (Å²) in [6.45, 7) is 0.217. The Balaban J connectivity index is 1.97. The van der Waals surface area contributed by atoms with Crippen LogP contribution in [0.25, 0.3) is 0 Å². The van der Waals surface area contributed by atoms with Crippen molar-refractivity contribution < 1.29 is 19.5 Å². The number of aryl methyl sites for hydroxylation is 2. The Hall–Kier alpha value is -3.17. The lowest BCUT2D eigenvalue weighted by molar-refractivity contribution is -0.116. The molecular weight excluding hydrogens is 304 g/mol. The van der Waals surface area contributed by atoms with Gasteiger partial charge in [0.2, 0.25) is 5.91 Å². The second-order valence-corrected chi connectivity index (χ2v) is 4.71. The molecule has 0 unspecified atom stereocenters. The normalized spacial score (nSPS) is 10.3. The molecule has 2 amide bonds. The fourth-order valence-electron chi connectivity index (χ4n) is 1.90. The Morgan fingerprint density at radius 3 is 2.65 bits per heavy atom. The molecule has 0 fully saturated rings. The van der Waals surface area contributed by atoms with Crippen molar-refractivity contribution in [1.82, 2.24) is 24.9 Å². The van der Waals surface area contributed by atoms with Crippen molar-refractivity contribution in [3.63, 3.8) is 0 Å². The van der Waals surface area contributed by atoms with E-state index in [2.05, 4.69) is 20.8 Å². The monoisotopic (exact) mass is 320 g/mol. The summed E-state index contributed by atoms with van der Waals surface area (Å²) >= 11 is 0. The van der Waals surface area contributed by atoms with Gasteiger partial charge in [0.15, 0.2) is 11.4 Å². The minimum absolute atomic E-state index is 0.0722. The predicted molar refractivity (Wildman–Crippen MR) is 79.0 cm³/mol. The smallest absolute Gasteiger partial charge is 0.356 e. The van der Waals surface area contributed by atoms with E-state index in [4.69, 9.17) is 5.11 Å². The lowest BCUT2D eigenvalue weighted by atomic mass is 10.3. The summed E-state index contributed by atoms with van der Waals surface area (Å²) in [5.41, 5.74) is 0.346. The molecule has 0 saturated carbocycles. The van der Waals surface area contributed by atoms with Gasteiger partial charge in [-0.15, -0.1) is 0 Å². The van der Waals surface area contributed by atoms with Crippen molar-refractivity contribution in [2.24, 2.45) is 7.05 Å². The zero-order chi connectivity index (χ0) is 17.0. The second kappa shape index (κ2) is 6.73. The maximum atomic E-state index is 12.0. The number of anilines is 1. The minimum Gasteiger partial charge on any atom is -0.476 e. The third-order valence-electron chi connectivity index (χ3n) is 2.97. The molecule has 0 atom stereocenters. The topological polar surface area (TPSA) is 131 Å². The van der Waals surface area contributed by atoms with Gasteiger partial charge in [0.05, 0.1) is 5.69 Å². The number of aromatic nitrogens is 4. The second-order valence-electron chi connectivity index (χ2n) is 4.71. The van der Waals surface area contributed by atoms with Crippen LogP contribution in [0.1, 0.15) is 27.4 Å². The maximum absolute atomic E-state index is 12.0. The summed E-state index contributed by atoms with van der Waals surface area (Å²) in [6, 6.07) is 1.35. The first-order valence-corrected chi connectivity index (χ1v) is 6.73. The van der Waals surface area contributed by atoms with E-state index in [0.29, 0.717) is 5.69 Å². The fourth-order valence-corrected chi connectivity index (χ4v) is 1.90. The molecule has 0 saturated heterocycles. The molecule has 0 radical (unpaired) electrons. The molecule has 122 valence electrons. The lowest BCUT2D eigenvalue weighted by Gasteiger charge is -2.05. The van der Waals surface area contributed by atoms with Crippen molar-refractivity contribution >= 4 is 23.5 Å². The molecule has 23 heavy (non-hydrogen) atoms. The van der Waals surface area contributed by atoms with Crippen LogP contribution in [0.5, 0.6) is 0 Å². The number of carboxylic acid groups (broad SMARTS) is 1. The summed E-state index contributed by atoms with van der Waals surface area (Å²) in [4.78, 5) is 34.4. The zero-order valence-corrected chi connectivity index (χ0v) is 12.6. The zero-order valence-electron chi connectivity index (χ0n) is 12.6. The number of hydrogen-bond donors (Lipinski definition) is 3. The highest BCUT2D eigenvalue weighted by molar-refractivity contribution is 6.02. The molecule has 0 aliphatic rings. The highest BCUT2D eigenvalue weighted by Crippen LogP contribution is 2.13. The summed E-state index contributed by atoms with van der Waals surface area (Å²) in [6.07, 6.45) is 3.08. The van der Waals surface area contributed by atoms with Gasteiger partial charge in [0.1, 0.15) is 0 Å². The first kappa shape index (κ1) is 16.2. The van der Waals surface area contributed by atoms with E-state index in [0.717, 1.165) is 0 Å². The van der Waals surface area contributed by atoms with Crippen molar-refractivity contribution in [3.8, 4) is 0 Å². The fraction of sp³-hybridized carbons (Fsp3) is 0.308. The number of rotatable bonds is 6. The number of amides is 2. The Bertz CT molecular complexity index is 747. The summed E-state index contributed by atoms with van der Waals surface area (Å²) in [7, 11) is 3.11. The van der Waals surface area contributed by atoms with Crippen molar-refractivity contribution in [1.29, 1.82) is 0 Å². The first-order chi connectivity index (χ1) is 10.9. The number of aromatic carboxylic acids is 1. The third kappa shape index (κ3) is 3.93. The molecule has 2 heterocycles. The van der Waals surface area contributed by atoms with Gasteiger partial charge in [-0.2, -0.15) is 10.2 Å². The molecule has 0 bridgehead atoms. The molecule has 2 aromatic heterocycles. The minimum atomic E-state index is -1.13. The Labute approximate surface area is 131 Å². The Morgan fingerprint density at radius 1 is 1.30 bits per heavy atom. The average molecular weight is 320 g/mol. The van der Waals surface area contributed by atoms with E-state index in [1.165, 1.54) is 34.9 Å². The molecule has 0 spiro atoms. The van der Waals surface area contributed by atoms with Gasteiger partial charge in [-0.3, -0.25) is 19.0 Å². The number of nitrogens with one attached hydrogen (secondary N) is 2. The number of nitrogens with zero attached hydrogens (tertiary/aromatic N) is 4. The van der Waals surface area contributed by atoms with E-state index in [-0.39, 0.29) is 30.3 Å². The number of hydrogen-bond acceptors (Lipinski definition) is 5. The first-order valence-electron chi connectivity index (χ1n) is 6.73. The average Bonchev–Trinajstić information content (AvgIpc) is 3.11. The van der Waals surface area contributed by atoms with E-state index < -0.39 is 11.9 Å². The predicted octanol–water partition coefficient (Wildman–Crippen LogP) is -0.297. The van der Waals surface area contributed by atoms with Crippen molar-refractivity contribution in [2.45, 2.75) is 13.0 Å². The molecule has 0 aliphatic carbocycles. The van der Waals surface area contributed by atoms with Crippen LogP contribution >= 0.6 is 0 Å². The van der Waals surface area contributed by atoms with Crippen molar-refractivity contribution in [3.05, 3.63) is 29.8 Å². The van der Waals surface area contributed by atoms with Crippen molar-refractivity contribution in [2.75, 3.05) is 12.4 Å².